The van der Waals surface area contributed by atoms with E-state index in [1.54, 1.807) is 18.4 Å². The highest BCUT2D eigenvalue weighted by atomic mass is 127. The molecule has 1 aromatic heterocycles. The second-order valence-corrected chi connectivity index (χ2v) is 8.39. The van der Waals surface area contributed by atoms with Crippen LogP contribution < -0.4 is 5.32 Å². The first kappa shape index (κ1) is 23.6. The standard InChI is InChI=1S/C18H32N4O2S.HI/c1-18(2,3)15-13-25-16(21-15)10-20-17(19-4)22-7-6-14(11-22)12-24-9-8-23-5;/h13-14H,6-12H2,1-5H3,(H,19,20);1H. The Morgan fingerprint density at radius 2 is 2.19 bits per heavy atom. The van der Waals surface area contributed by atoms with Crippen molar-refractivity contribution >= 4 is 41.3 Å². The fourth-order valence-corrected chi connectivity index (χ4v) is 3.74. The van der Waals surface area contributed by atoms with Crippen molar-refractivity contribution in [2.24, 2.45) is 10.9 Å². The van der Waals surface area contributed by atoms with Gasteiger partial charge in [-0.05, 0) is 6.42 Å². The molecule has 0 aliphatic carbocycles. The molecule has 0 radical (unpaired) electrons. The van der Waals surface area contributed by atoms with Gasteiger partial charge in [-0.3, -0.25) is 4.99 Å². The number of ether oxygens (including phenoxy) is 2. The molecule has 0 saturated carbocycles. The Kier molecular flexibility index (Phi) is 10.3. The van der Waals surface area contributed by atoms with Gasteiger partial charge in [0.1, 0.15) is 5.01 Å². The van der Waals surface area contributed by atoms with Crippen LogP contribution in [-0.4, -0.2) is 62.9 Å². The molecule has 150 valence electrons. The maximum atomic E-state index is 5.66. The predicted molar refractivity (Wildman–Crippen MR) is 119 cm³/mol. The molecule has 1 atom stereocenters. The van der Waals surface area contributed by atoms with E-state index >= 15 is 0 Å². The van der Waals surface area contributed by atoms with Gasteiger partial charge in [0.15, 0.2) is 5.96 Å². The van der Waals surface area contributed by atoms with Crippen molar-refractivity contribution in [3.63, 3.8) is 0 Å². The second-order valence-electron chi connectivity index (χ2n) is 7.45. The first-order chi connectivity index (χ1) is 11.9. The van der Waals surface area contributed by atoms with Gasteiger partial charge in [-0.25, -0.2) is 4.98 Å². The van der Waals surface area contributed by atoms with Gasteiger partial charge in [0.25, 0.3) is 0 Å². The molecule has 1 unspecified atom stereocenters. The Bertz CT molecular complexity index is 560. The van der Waals surface area contributed by atoms with E-state index in [1.165, 1.54) is 0 Å². The van der Waals surface area contributed by atoms with Crippen molar-refractivity contribution in [3.05, 3.63) is 16.1 Å². The van der Waals surface area contributed by atoms with Crippen molar-refractivity contribution in [1.82, 2.24) is 15.2 Å². The molecule has 0 amide bonds. The van der Waals surface area contributed by atoms with Gasteiger partial charge in [0.05, 0.1) is 32.1 Å². The van der Waals surface area contributed by atoms with Crippen LogP contribution in [0.3, 0.4) is 0 Å². The lowest BCUT2D eigenvalue weighted by Gasteiger charge is -2.21. The fraction of sp³-hybridized carbons (Fsp3) is 0.778. The zero-order valence-corrected chi connectivity index (χ0v) is 19.7. The summed E-state index contributed by atoms with van der Waals surface area (Å²) in [6, 6.07) is 0. The molecule has 1 aliphatic rings. The largest absolute Gasteiger partial charge is 0.382 e. The molecule has 1 saturated heterocycles. The molecule has 1 aliphatic heterocycles. The maximum Gasteiger partial charge on any atom is 0.194 e. The highest BCUT2D eigenvalue weighted by Gasteiger charge is 2.25. The number of halogens is 1. The summed E-state index contributed by atoms with van der Waals surface area (Å²) < 4.78 is 10.7. The molecular formula is C18H33IN4O2S. The van der Waals surface area contributed by atoms with E-state index in [9.17, 15) is 0 Å². The quantitative estimate of drug-likeness (QED) is 0.272. The average molecular weight is 496 g/mol. The van der Waals surface area contributed by atoms with Crippen LogP contribution >= 0.6 is 35.3 Å². The smallest absolute Gasteiger partial charge is 0.194 e. The van der Waals surface area contributed by atoms with Gasteiger partial charge in [-0.1, -0.05) is 20.8 Å². The molecule has 8 heteroatoms. The van der Waals surface area contributed by atoms with Crippen molar-refractivity contribution in [2.45, 2.75) is 39.2 Å². The zero-order valence-electron chi connectivity index (χ0n) is 16.6. The summed E-state index contributed by atoms with van der Waals surface area (Å²) in [4.78, 5) is 11.5. The summed E-state index contributed by atoms with van der Waals surface area (Å²) in [7, 11) is 3.54. The van der Waals surface area contributed by atoms with E-state index in [0.717, 1.165) is 49.3 Å². The molecule has 1 N–H and O–H groups in total. The van der Waals surface area contributed by atoms with E-state index in [2.05, 4.69) is 41.4 Å². The minimum absolute atomic E-state index is 0. The van der Waals surface area contributed by atoms with Crippen LogP contribution in [0.25, 0.3) is 0 Å². The van der Waals surface area contributed by atoms with Gasteiger partial charge in [0, 0.05) is 44.0 Å². The van der Waals surface area contributed by atoms with E-state index in [0.29, 0.717) is 19.1 Å². The Morgan fingerprint density at radius 3 is 2.81 bits per heavy atom. The second kappa shape index (κ2) is 11.4. The van der Waals surface area contributed by atoms with Gasteiger partial charge < -0.3 is 19.7 Å². The summed E-state index contributed by atoms with van der Waals surface area (Å²) in [5.41, 5.74) is 1.25. The maximum absolute atomic E-state index is 5.66. The number of nitrogens with one attached hydrogen (secondary N) is 1. The lowest BCUT2D eigenvalue weighted by molar-refractivity contribution is 0.0536. The van der Waals surface area contributed by atoms with Gasteiger partial charge in [0.2, 0.25) is 0 Å². The highest BCUT2D eigenvalue weighted by molar-refractivity contribution is 14.0. The summed E-state index contributed by atoms with van der Waals surface area (Å²) >= 11 is 1.71. The first-order valence-electron chi connectivity index (χ1n) is 8.91. The molecular weight excluding hydrogens is 463 g/mol. The monoisotopic (exact) mass is 496 g/mol. The topological polar surface area (TPSA) is 59.0 Å². The Balaban J connectivity index is 0.00000338. The number of guanidine groups is 1. The fourth-order valence-electron chi connectivity index (χ4n) is 2.78. The number of aliphatic imine (C=N–C) groups is 1. The van der Waals surface area contributed by atoms with Crippen LogP contribution in [0.4, 0.5) is 0 Å². The summed E-state index contributed by atoms with van der Waals surface area (Å²) in [5, 5.41) is 6.71. The van der Waals surface area contributed by atoms with Crippen LogP contribution in [0.1, 0.15) is 37.9 Å². The zero-order chi connectivity index (χ0) is 18.3. The summed E-state index contributed by atoms with van der Waals surface area (Å²) in [6.07, 6.45) is 1.14. The van der Waals surface area contributed by atoms with Crippen molar-refractivity contribution < 1.29 is 9.47 Å². The number of hydrogen-bond donors (Lipinski definition) is 1. The number of nitrogens with zero attached hydrogens (tertiary/aromatic N) is 3. The van der Waals surface area contributed by atoms with Crippen LogP contribution in [0.5, 0.6) is 0 Å². The summed E-state index contributed by atoms with van der Waals surface area (Å²) in [5.74, 6) is 1.51. The van der Waals surface area contributed by atoms with Crippen LogP contribution in [-0.2, 0) is 21.4 Å². The molecule has 0 aromatic carbocycles. The minimum atomic E-state index is 0. The lowest BCUT2D eigenvalue weighted by Crippen LogP contribution is -2.39. The van der Waals surface area contributed by atoms with Crippen molar-refractivity contribution in [1.29, 1.82) is 0 Å². The average Bonchev–Trinajstić information content (AvgIpc) is 3.21. The van der Waals surface area contributed by atoms with Gasteiger partial charge in [-0.15, -0.1) is 35.3 Å². The normalized spacial score (nSPS) is 18.1. The molecule has 6 nitrogen and oxygen atoms in total. The third-order valence-corrected chi connectivity index (χ3v) is 5.15. The van der Waals surface area contributed by atoms with Crippen molar-refractivity contribution in [3.8, 4) is 0 Å². The van der Waals surface area contributed by atoms with E-state index in [-0.39, 0.29) is 29.4 Å². The minimum Gasteiger partial charge on any atom is -0.382 e. The van der Waals surface area contributed by atoms with E-state index in [1.807, 2.05) is 7.05 Å². The third kappa shape index (κ3) is 7.28. The number of aromatic nitrogens is 1. The Labute approximate surface area is 178 Å². The third-order valence-electron chi connectivity index (χ3n) is 4.30. The van der Waals surface area contributed by atoms with Gasteiger partial charge >= 0.3 is 0 Å². The highest BCUT2D eigenvalue weighted by Crippen LogP contribution is 2.24. The van der Waals surface area contributed by atoms with Gasteiger partial charge in [-0.2, -0.15) is 0 Å². The van der Waals surface area contributed by atoms with Crippen LogP contribution in [0.2, 0.25) is 0 Å². The lowest BCUT2D eigenvalue weighted by atomic mass is 9.93. The number of methoxy groups -OCH3 is 1. The Morgan fingerprint density at radius 1 is 1.42 bits per heavy atom. The van der Waals surface area contributed by atoms with Crippen LogP contribution in [0.15, 0.2) is 10.4 Å². The van der Waals surface area contributed by atoms with E-state index in [4.69, 9.17) is 14.5 Å². The number of hydrogen-bond acceptors (Lipinski definition) is 5. The molecule has 2 heterocycles. The number of rotatable bonds is 7. The molecule has 2 rings (SSSR count). The van der Waals surface area contributed by atoms with Crippen LogP contribution in [0, 0.1) is 5.92 Å². The molecule has 0 bridgehead atoms. The number of likely N-dealkylation sites (tertiary alicyclic amines) is 1. The predicted octanol–water partition coefficient (Wildman–Crippen LogP) is 3.12. The molecule has 1 aromatic rings. The first-order valence-corrected chi connectivity index (χ1v) is 9.79. The van der Waals surface area contributed by atoms with Crippen molar-refractivity contribution in [2.75, 3.05) is 47.1 Å². The number of thiazole rings is 1. The SMILES string of the molecule is CN=C(NCc1nc(C(C)(C)C)cs1)N1CCC(COCCOC)C1.I. The molecule has 0 spiro atoms. The molecule has 1 fully saturated rings. The van der Waals surface area contributed by atoms with E-state index < -0.39 is 0 Å². The molecule has 26 heavy (non-hydrogen) atoms. The Hall–Kier alpha value is -0.450. The summed E-state index contributed by atoms with van der Waals surface area (Å²) in [6.45, 7) is 11.4.